The normalized spacial score (nSPS) is 13.4. The largest absolute Gasteiger partial charge is 0.445 e. The van der Waals surface area contributed by atoms with Crippen molar-refractivity contribution in [2.75, 3.05) is 0 Å². The molecule has 0 spiro atoms. The number of alkyl carbamates (subject to hydrolysis) is 1. The smallest absolute Gasteiger partial charge is 0.408 e. The Bertz CT molecular complexity index is 844. The Hall–Kier alpha value is -3.33. The molecule has 0 aliphatic rings. The van der Waals surface area contributed by atoms with Crippen molar-refractivity contribution in [3.05, 3.63) is 71.3 Å². The minimum Gasteiger partial charge on any atom is -0.445 e. The van der Waals surface area contributed by atoms with Gasteiger partial charge in [-0.25, -0.2) is 4.79 Å². The summed E-state index contributed by atoms with van der Waals surface area (Å²) in [6.45, 7) is 5.88. The van der Waals surface area contributed by atoms with Gasteiger partial charge in [0.2, 0.25) is 5.91 Å². The molecule has 2 aromatic carbocycles. The van der Waals surface area contributed by atoms with Crippen LogP contribution < -0.4 is 10.6 Å². The van der Waals surface area contributed by atoms with Gasteiger partial charge < -0.3 is 15.4 Å². The monoisotopic (exact) mass is 393 g/mol. The Morgan fingerprint density at radius 3 is 2.28 bits per heavy atom. The molecule has 0 saturated heterocycles. The standard InChI is InChI=1S/C23H27N3O3/c1-4-16(2)21(26-23(28)29-15-19-8-6-5-7-9-19)22(27)25-17(3)20-12-10-18(14-24)11-13-20/h5-13,16-17,21H,4,15H2,1-3H3,(H,25,27)(H,26,28)/t16-,17?,21-/m0/s1. The molecule has 2 rings (SSSR count). The van der Waals surface area contributed by atoms with Crippen LogP contribution in [0.15, 0.2) is 54.6 Å². The van der Waals surface area contributed by atoms with Crippen molar-refractivity contribution in [1.29, 1.82) is 5.26 Å². The van der Waals surface area contributed by atoms with Crippen molar-refractivity contribution in [2.45, 2.75) is 45.9 Å². The lowest BCUT2D eigenvalue weighted by molar-refractivity contribution is -0.124. The second-order valence-electron chi connectivity index (χ2n) is 7.03. The average Bonchev–Trinajstić information content (AvgIpc) is 2.76. The number of amides is 2. The molecule has 2 N–H and O–H groups in total. The van der Waals surface area contributed by atoms with Crippen LogP contribution in [0.1, 0.15) is 49.9 Å². The first-order valence-electron chi connectivity index (χ1n) is 9.72. The van der Waals surface area contributed by atoms with E-state index in [1.165, 1.54) is 0 Å². The van der Waals surface area contributed by atoms with E-state index in [2.05, 4.69) is 16.7 Å². The highest BCUT2D eigenvalue weighted by molar-refractivity contribution is 5.86. The lowest BCUT2D eigenvalue weighted by Gasteiger charge is -2.25. The Kier molecular flexibility index (Phi) is 8.23. The van der Waals surface area contributed by atoms with E-state index in [0.717, 1.165) is 17.5 Å². The van der Waals surface area contributed by atoms with Crippen LogP contribution in [0.5, 0.6) is 0 Å². The predicted octanol–water partition coefficient (Wildman–Crippen LogP) is 4.08. The molecule has 29 heavy (non-hydrogen) atoms. The van der Waals surface area contributed by atoms with Gasteiger partial charge in [0.05, 0.1) is 17.7 Å². The molecule has 3 atom stereocenters. The maximum Gasteiger partial charge on any atom is 0.408 e. The van der Waals surface area contributed by atoms with Crippen LogP contribution in [0.2, 0.25) is 0 Å². The summed E-state index contributed by atoms with van der Waals surface area (Å²) >= 11 is 0. The van der Waals surface area contributed by atoms with Gasteiger partial charge >= 0.3 is 6.09 Å². The zero-order valence-corrected chi connectivity index (χ0v) is 17.0. The molecule has 152 valence electrons. The number of nitrogens with zero attached hydrogens (tertiary/aromatic N) is 1. The number of carbonyl (C=O) groups excluding carboxylic acids is 2. The summed E-state index contributed by atoms with van der Waals surface area (Å²) in [5.74, 6) is -0.333. The van der Waals surface area contributed by atoms with Crippen molar-refractivity contribution in [2.24, 2.45) is 5.92 Å². The number of hydrogen-bond donors (Lipinski definition) is 2. The number of hydrogen-bond acceptors (Lipinski definition) is 4. The summed E-state index contributed by atoms with van der Waals surface area (Å²) in [4.78, 5) is 25.1. The van der Waals surface area contributed by atoms with Crippen LogP contribution in [-0.4, -0.2) is 18.0 Å². The third-order valence-corrected chi connectivity index (χ3v) is 4.88. The van der Waals surface area contributed by atoms with Crippen LogP contribution in [0, 0.1) is 17.2 Å². The van der Waals surface area contributed by atoms with Crippen molar-refractivity contribution in [3.8, 4) is 6.07 Å². The van der Waals surface area contributed by atoms with E-state index in [4.69, 9.17) is 10.00 Å². The van der Waals surface area contributed by atoms with Gasteiger partial charge in [0.25, 0.3) is 0 Å². The summed E-state index contributed by atoms with van der Waals surface area (Å²) in [5.41, 5.74) is 2.32. The lowest BCUT2D eigenvalue weighted by Crippen LogP contribution is -2.50. The molecule has 0 aliphatic carbocycles. The topological polar surface area (TPSA) is 91.2 Å². The summed E-state index contributed by atoms with van der Waals surface area (Å²) in [5, 5.41) is 14.5. The number of nitrogens with one attached hydrogen (secondary N) is 2. The Morgan fingerprint density at radius 1 is 1.03 bits per heavy atom. The van der Waals surface area contributed by atoms with E-state index in [1.54, 1.807) is 12.1 Å². The quantitative estimate of drug-likeness (QED) is 0.707. The van der Waals surface area contributed by atoms with Crippen molar-refractivity contribution in [1.82, 2.24) is 10.6 Å². The van der Waals surface area contributed by atoms with Crippen LogP contribution in [0.4, 0.5) is 4.79 Å². The van der Waals surface area contributed by atoms with Gasteiger partial charge in [-0.05, 0) is 36.1 Å². The molecule has 0 bridgehead atoms. The molecule has 6 heteroatoms. The van der Waals surface area contributed by atoms with Crippen LogP contribution >= 0.6 is 0 Å². The minimum absolute atomic E-state index is 0.0626. The molecule has 2 aromatic rings. The van der Waals surface area contributed by atoms with Gasteiger partial charge in [-0.3, -0.25) is 4.79 Å². The number of rotatable bonds is 8. The molecule has 2 amide bonds. The molecule has 1 unspecified atom stereocenters. The first kappa shape index (κ1) is 22.0. The lowest BCUT2D eigenvalue weighted by atomic mass is 9.97. The number of carbonyl (C=O) groups is 2. The molecule has 0 saturated carbocycles. The maximum atomic E-state index is 12.8. The fraction of sp³-hybridized carbons (Fsp3) is 0.348. The molecule has 0 radical (unpaired) electrons. The molecule has 0 aliphatic heterocycles. The zero-order chi connectivity index (χ0) is 21.2. The first-order valence-corrected chi connectivity index (χ1v) is 9.72. The number of benzene rings is 2. The Balaban J connectivity index is 1.97. The Morgan fingerprint density at radius 2 is 1.69 bits per heavy atom. The van der Waals surface area contributed by atoms with Crippen LogP contribution in [-0.2, 0) is 16.1 Å². The molecular weight excluding hydrogens is 366 g/mol. The van der Waals surface area contributed by atoms with Gasteiger partial charge in [0.15, 0.2) is 0 Å². The maximum absolute atomic E-state index is 12.8. The van der Waals surface area contributed by atoms with Gasteiger partial charge in [-0.15, -0.1) is 0 Å². The second-order valence-corrected chi connectivity index (χ2v) is 7.03. The first-order chi connectivity index (χ1) is 13.9. The third kappa shape index (κ3) is 6.65. The summed E-state index contributed by atoms with van der Waals surface area (Å²) in [6, 6.07) is 17.5. The third-order valence-electron chi connectivity index (χ3n) is 4.88. The number of nitriles is 1. The summed E-state index contributed by atoms with van der Waals surface area (Å²) in [7, 11) is 0. The van der Waals surface area contributed by atoms with Gasteiger partial charge in [0.1, 0.15) is 12.6 Å². The van der Waals surface area contributed by atoms with E-state index < -0.39 is 12.1 Å². The van der Waals surface area contributed by atoms with E-state index in [9.17, 15) is 9.59 Å². The van der Waals surface area contributed by atoms with Gasteiger partial charge in [-0.2, -0.15) is 5.26 Å². The highest BCUT2D eigenvalue weighted by Crippen LogP contribution is 2.15. The number of ether oxygens (including phenoxy) is 1. The van der Waals surface area contributed by atoms with Crippen LogP contribution in [0.3, 0.4) is 0 Å². The average molecular weight is 393 g/mol. The molecular formula is C23H27N3O3. The van der Waals surface area contributed by atoms with Gasteiger partial charge in [-0.1, -0.05) is 62.7 Å². The van der Waals surface area contributed by atoms with E-state index in [0.29, 0.717) is 5.56 Å². The second kappa shape index (κ2) is 10.9. The minimum atomic E-state index is -0.705. The van der Waals surface area contributed by atoms with Crippen molar-refractivity contribution < 1.29 is 14.3 Å². The van der Waals surface area contributed by atoms with E-state index in [-0.39, 0.29) is 24.5 Å². The SMILES string of the molecule is CC[C@H](C)[C@H](NC(=O)OCc1ccccc1)C(=O)NC(C)c1ccc(C#N)cc1. The van der Waals surface area contributed by atoms with E-state index >= 15 is 0 Å². The van der Waals surface area contributed by atoms with Crippen molar-refractivity contribution >= 4 is 12.0 Å². The zero-order valence-electron chi connectivity index (χ0n) is 17.0. The van der Waals surface area contributed by atoms with Crippen molar-refractivity contribution in [3.63, 3.8) is 0 Å². The molecule has 0 fully saturated rings. The highest BCUT2D eigenvalue weighted by Gasteiger charge is 2.27. The van der Waals surface area contributed by atoms with E-state index in [1.807, 2.05) is 63.2 Å². The molecule has 0 aromatic heterocycles. The van der Waals surface area contributed by atoms with Gasteiger partial charge in [0, 0.05) is 0 Å². The van der Waals surface area contributed by atoms with Crippen LogP contribution in [0.25, 0.3) is 0 Å². The molecule has 6 nitrogen and oxygen atoms in total. The fourth-order valence-electron chi connectivity index (χ4n) is 2.83. The molecule has 0 heterocycles. The highest BCUT2D eigenvalue weighted by atomic mass is 16.5. The Labute approximate surface area is 171 Å². The summed E-state index contributed by atoms with van der Waals surface area (Å²) < 4.78 is 5.26. The predicted molar refractivity (Wildman–Crippen MR) is 111 cm³/mol. The summed E-state index contributed by atoms with van der Waals surface area (Å²) in [6.07, 6.45) is 0.0998. The fourth-order valence-corrected chi connectivity index (χ4v) is 2.83.